The summed E-state index contributed by atoms with van der Waals surface area (Å²) in [6.45, 7) is 4.42. The molecule has 0 saturated carbocycles. The van der Waals surface area contributed by atoms with Crippen molar-refractivity contribution in [1.29, 1.82) is 0 Å². The first kappa shape index (κ1) is 16.3. The first-order chi connectivity index (χ1) is 12.6. The molecule has 1 saturated heterocycles. The lowest BCUT2D eigenvalue weighted by molar-refractivity contribution is 0.0744. The quantitative estimate of drug-likeness (QED) is 0.711. The van der Waals surface area contributed by atoms with Gasteiger partial charge in [0.25, 0.3) is 11.9 Å². The summed E-state index contributed by atoms with van der Waals surface area (Å²) < 4.78 is 10.8. The number of oxazole rings is 1. The minimum atomic E-state index is -0.0327. The summed E-state index contributed by atoms with van der Waals surface area (Å²) in [7, 11) is 1.55. The number of anilines is 1. The number of fused-ring (bicyclic) bond motifs is 1. The Kier molecular flexibility index (Phi) is 4.16. The number of amides is 1. The molecular weight excluding hydrogens is 334 g/mol. The third kappa shape index (κ3) is 3.05. The zero-order valence-electron chi connectivity index (χ0n) is 14.7. The number of rotatable bonds is 3. The van der Waals surface area contributed by atoms with Crippen LogP contribution in [-0.4, -0.2) is 59.0 Å². The highest BCUT2D eigenvalue weighted by Gasteiger charge is 2.25. The lowest BCUT2D eigenvalue weighted by Crippen LogP contribution is -2.48. The highest BCUT2D eigenvalue weighted by Crippen LogP contribution is 2.22. The maximum atomic E-state index is 12.6. The number of aromatic nitrogens is 3. The summed E-state index contributed by atoms with van der Waals surface area (Å²) in [4.78, 5) is 29.4. The first-order valence-corrected chi connectivity index (χ1v) is 8.42. The largest absolute Gasteiger partial charge is 0.481 e. The third-order valence-electron chi connectivity index (χ3n) is 4.41. The van der Waals surface area contributed by atoms with E-state index in [1.54, 1.807) is 25.4 Å². The van der Waals surface area contributed by atoms with Gasteiger partial charge in [0.2, 0.25) is 11.5 Å². The van der Waals surface area contributed by atoms with Crippen LogP contribution in [0.4, 0.5) is 6.01 Å². The second-order valence-electron chi connectivity index (χ2n) is 6.14. The molecule has 134 valence electrons. The number of carbonyl (C=O) groups excluding carboxylic acids is 1. The molecule has 1 aliphatic rings. The SMILES string of the molecule is COc1ccc(C(=O)N2CCN(c3nc4nc(C)ccc4o3)CC2)cn1. The molecule has 0 aromatic carbocycles. The van der Waals surface area contributed by atoms with Crippen LogP contribution >= 0.6 is 0 Å². The number of carbonyl (C=O) groups is 1. The monoisotopic (exact) mass is 353 g/mol. The number of piperazine rings is 1. The molecule has 3 aromatic rings. The number of methoxy groups -OCH3 is 1. The Morgan fingerprint density at radius 3 is 2.62 bits per heavy atom. The minimum Gasteiger partial charge on any atom is -0.481 e. The van der Waals surface area contributed by atoms with Crippen LogP contribution in [0.5, 0.6) is 5.88 Å². The van der Waals surface area contributed by atoms with Gasteiger partial charge in [0.15, 0.2) is 5.58 Å². The van der Waals surface area contributed by atoms with Crippen LogP contribution in [0, 0.1) is 6.92 Å². The van der Waals surface area contributed by atoms with Gasteiger partial charge >= 0.3 is 0 Å². The van der Waals surface area contributed by atoms with E-state index >= 15 is 0 Å². The average molecular weight is 353 g/mol. The van der Waals surface area contributed by atoms with Crippen LogP contribution in [0.25, 0.3) is 11.2 Å². The van der Waals surface area contributed by atoms with Crippen molar-refractivity contribution in [3.8, 4) is 5.88 Å². The van der Waals surface area contributed by atoms with Crippen LogP contribution in [0.1, 0.15) is 16.1 Å². The predicted molar refractivity (Wildman–Crippen MR) is 95.4 cm³/mol. The van der Waals surface area contributed by atoms with E-state index in [1.165, 1.54) is 0 Å². The van der Waals surface area contributed by atoms with Gasteiger partial charge in [0, 0.05) is 44.1 Å². The van der Waals surface area contributed by atoms with Crippen molar-refractivity contribution in [1.82, 2.24) is 19.9 Å². The fourth-order valence-electron chi connectivity index (χ4n) is 2.95. The highest BCUT2D eigenvalue weighted by molar-refractivity contribution is 5.94. The van der Waals surface area contributed by atoms with Gasteiger partial charge in [0.05, 0.1) is 12.7 Å². The van der Waals surface area contributed by atoms with E-state index in [0.717, 1.165) is 5.69 Å². The fraction of sp³-hybridized carbons (Fsp3) is 0.333. The Bertz CT molecular complexity index is 930. The molecule has 26 heavy (non-hydrogen) atoms. The zero-order valence-corrected chi connectivity index (χ0v) is 14.7. The Morgan fingerprint density at radius 1 is 1.12 bits per heavy atom. The molecule has 8 heteroatoms. The molecule has 0 spiro atoms. The number of pyridine rings is 2. The Balaban J connectivity index is 1.43. The summed E-state index contributed by atoms with van der Waals surface area (Å²) in [5.41, 5.74) is 2.75. The van der Waals surface area contributed by atoms with Crippen LogP contribution in [-0.2, 0) is 0 Å². The number of hydrogen-bond acceptors (Lipinski definition) is 7. The molecular formula is C18H19N5O3. The Hall–Kier alpha value is -3.16. The van der Waals surface area contributed by atoms with E-state index in [0.29, 0.717) is 54.9 Å². The van der Waals surface area contributed by atoms with Crippen molar-refractivity contribution in [3.63, 3.8) is 0 Å². The molecule has 1 fully saturated rings. The lowest BCUT2D eigenvalue weighted by atomic mass is 10.2. The second-order valence-corrected chi connectivity index (χ2v) is 6.14. The van der Waals surface area contributed by atoms with E-state index in [9.17, 15) is 4.79 Å². The molecule has 4 rings (SSSR count). The summed E-state index contributed by atoms with van der Waals surface area (Å²) in [6, 6.07) is 7.75. The minimum absolute atomic E-state index is 0.0327. The molecule has 4 heterocycles. The van der Waals surface area contributed by atoms with Gasteiger partial charge in [-0.15, -0.1) is 0 Å². The van der Waals surface area contributed by atoms with Gasteiger partial charge in [-0.3, -0.25) is 4.79 Å². The van der Waals surface area contributed by atoms with Crippen molar-refractivity contribution < 1.29 is 13.9 Å². The van der Waals surface area contributed by atoms with E-state index in [2.05, 4.69) is 15.0 Å². The maximum absolute atomic E-state index is 12.6. The molecule has 0 N–H and O–H groups in total. The normalized spacial score (nSPS) is 14.7. The highest BCUT2D eigenvalue weighted by atomic mass is 16.5. The molecule has 0 aliphatic carbocycles. The van der Waals surface area contributed by atoms with Crippen molar-refractivity contribution in [2.75, 3.05) is 38.2 Å². The van der Waals surface area contributed by atoms with Crippen molar-refractivity contribution in [3.05, 3.63) is 41.7 Å². The first-order valence-electron chi connectivity index (χ1n) is 8.42. The Labute approximate surface area is 150 Å². The smallest absolute Gasteiger partial charge is 0.300 e. The van der Waals surface area contributed by atoms with Gasteiger partial charge in [0.1, 0.15) is 0 Å². The second kappa shape index (κ2) is 6.62. The van der Waals surface area contributed by atoms with E-state index in [-0.39, 0.29) is 5.91 Å². The van der Waals surface area contributed by atoms with Gasteiger partial charge in [-0.2, -0.15) is 4.98 Å². The summed E-state index contributed by atoms with van der Waals surface area (Å²) in [5.74, 6) is 0.459. The molecule has 1 aliphatic heterocycles. The van der Waals surface area contributed by atoms with Gasteiger partial charge in [-0.05, 0) is 25.1 Å². The lowest BCUT2D eigenvalue weighted by Gasteiger charge is -2.33. The molecule has 0 unspecified atom stereocenters. The molecule has 8 nitrogen and oxygen atoms in total. The van der Waals surface area contributed by atoms with Crippen molar-refractivity contribution in [2.45, 2.75) is 6.92 Å². The summed E-state index contributed by atoms with van der Waals surface area (Å²) >= 11 is 0. The maximum Gasteiger partial charge on any atom is 0.300 e. The van der Waals surface area contributed by atoms with Gasteiger partial charge in [-0.1, -0.05) is 0 Å². The standard InChI is InChI=1S/C18H19N5O3/c1-12-3-5-14-16(20-12)21-18(26-14)23-9-7-22(8-10-23)17(24)13-4-6-15(25-2)19-11-13/h3-6,11H,7-10H2,1-2H3. The van der Waals surface area contributed by atoms with Crippen LogP contribution in [0.3, 0.4) is 0 Å². The predicted octanol–water partition coefficient (Wildman–Crippen LogP) is 1.90. The van der Waals surface area contributed by atoms with Crippen molar-refractivity contribution in [2.24, 2.45) is 0 Å². The molecule has 3 aromatic heterocycles. The topological polar surface area (TPSA) is 84.6 Å². The van der Waals surface area contributed by atoms with E-state index in [1.807, 2.05) is 28.9 Å². The molecule has 0 bridgehead atoms. The molecule has 0 radical (unpaired) electrons. The zero-order chi connectivity index (χ0) is 18.1. The van der Waals surface area contributed by atoms with Crippen molar-refractivity contribution >= 4 is 23.2 Å². The number of nitrogens with zero attached hydrogens (tertiary/aromatic N) is 5. The number of ether oxygens (including phenoxy) is 1. The Morgan fingerprint density at radius 2 is 1.92 bits per heavy atom. The van der Waals surface area contributed by atoms with E-state index in [4.69, 9.17) is 9.15 Å². The number of aryl methyl sites for hydroxylation is 1. The number of hydrogen-bond donors (Lipinski definition) is 0. The average Bonchev–Trinajstić information content (AvgIpc) is 3.11. The molecule has 1 amide bonds. The van der Waals surface area contributed by atoms with E-state index < -0.39 is 0 Å². The van der Waals surface area contributed by atoms with Gasteiger partial charge in [-0.25, -0.2) is 9.97 Å². The molecule has 0 atom stereocenters. The summed E-state index contributed by atoms with van der Waals surface area (Å²) in [5, 5.41) is 0. The van der Waals surface area contributed by atoms with Crippen LogP contribution in [0.2, 0.25) is 0 Å². The fourth-order valence-corrected chi connectivity index (χ4v) is 2.95. The third-order valence-corrected chi connectivity index (χ3v) is 4.41. The van der Waals surface area contributed by atoms with Gasteiger partial charge < -0.3 is 19.0 Å². The van der Waals surface area contributed by atoms with Crippen LogP contribution in [0.15, 0.2) is 34.9 Å². The summed E-state index contributed by atoms with van der Waals surface area (Å²) in [6.07, 6.45) is 1.54. The van der Waals surface area contributed by atoms with Crippen LogP contribution < -0.4 is 9.64 Å².